The summed E-state index contributed by atoms with van der Waals surface area (Å²) >= 11 is 1.51. The first-order valence-electron chi connectivity index (χ1n) is 5.01. The maximum Gasteiger partial charge on any atom is 0.0594 e. The van der Waals surface area contributed by atoms with Gasteiger partial charge < -0.3 is 10.1 Å². The molecule has 3 unspecified atom stereocenters. The Kier molecular flexibility index (Phi) is 3.15. The van der Waals surface area contributed by atoms with E-state index in [0.29, 0.717) is 18.1 Å². The first kappa shape index (κ1) is 10.1. The molecule has 2 heterocycles. The molecule has 0 spiro atoms. The molecule has 3 atom stereocenters. The largest absolute Gasteiger partial charge is 0.378 e. The van der Waals surface area contributed by atoms with E-state index < -0.39 is 0 Å². The average molecular weight is 212 g/mol. The summed E-state index contributed by atoms with van der Waals surface area (Å²) in [5, 5.41) is 5.48. The molecule has 78 valence electrons. The molecule has 1 aliphatic rings. The number of hydrogen-bond donors (Lipinski definition) is 1. The van der Waals surface area contributed by atoms with Crippen molar-refractivity contribution in [3.63, 3.8) is 0 Å². The molecule has 1 aliphatic heterocycles. The van der Waals surface area contributed by atoms with E-state index in [2.05, 4.69) is 22.0 Å². The summed E-state index contributed by atoms with van der Waals surface area (Å²) in [5.74, 6) is 0.580. The smallest absolute Gasteiger partial charge is 0.0594 e. The lowest BCUT2D eigenvalue weighted by Crippen LogP contribution is -2.29. The van der Waals surface area contributed by atoms with E-state index in [0.717, 1.165) is 13.0 Å². The highest BCUT2D eigenvalue weighted by molar-refractivity contribution is 7.03. The second kappa shape index (κ2) is 4.38. The van der Waals surface area contributed by atoms with E-state index in [1.54, 1.807) is 0 Å². The molecular formula is C10H16N2OS. The Morgan fingerprint density at radius 2 is 2.57 bits per heavy atom. The predicted molar refractivity (Wildman–Crippen MR) is 57.4 cm³/mol. The van der Waals surface area contributed by atoms with Crippen molar-refractivity contribution in [3.05, 3.63) is 17.1 Å². The fourth-order valence-electron chi connectivity index (χ4n) is 2.18. The number of hydrogen-bond acceptors (Lipinski definition) is 4. The molecule has 0 aromatic carbocycles. The van der Waals surface area contributed by atoms with Crippen molar-refractivity contribution in [3.8, 4) is 0 Å². The lowest BCUT2D eigenvalue weighted by molar-refractivity contribution is 0.0963. The maximum atomic E-state index is 5.59. The van der Waals surface area contributed by atoms with Crippen LogP contribution in [0.15, 0.2) is 11.6 Å². The zero-order valence-electron chi connectivity index (χ0n) is 8.56. The molecule has 0 radical (unpaired) electrons. The maximum absolute atomic E-state index is 5.59. The Bertz CT molecular complexity index is 276. The second-order valence-corrected chi connectivity index (χ2v) is 4.41. The lowest BCUT2D eigenvalue weighted by atomic mass is 9.90. The predicted octanol–water partition coefficient (Wildman–Crippen LogP) is 1.83. The number of nitrogens with zero attached hydrogens (tertiary/aromatic N) is 1. The third-order valence-electron chi connectivity index (χ3n) is 2.98. The summed E-state index contributed by atoms with van der Waals surface area (Å²) in [4.78, 5) is 0. The number of aromatic nitrogens is 1. The van der Waals surface area contributed by atoms with Gasteiger partial charge in [-0.1, -0.05) is 0 Å². The molecule has 4 heteroatoms. The quantitative estimate of drug-likeness (QED) is 0.830. The van der Waals surface area contributed by atoms with Gasteiger partial charge in [0.15, 0.2) is 0 Å². The lowest BCUT2D eigenvalue weighted by Gasteiger charge is -2.24. The van der Waals surface area contributed by atoms with Crippen molar-refractivity contribution in [2.24, 2.45) is 5.92 Å². The highest BCUT2D eigenvalue weighted by Gasteiger charge is 2.32. The van der Waals surface area contributed by atoms with Crippen molar-refractivity contribution >= 4 is 11.5 Å². The summed E-state index contributed by atoms with van der Waals surface area (Å²) in [7, 11) is 2.01. The molecule has 0 aliphatic carbocycles. The molecular weight excluding hydrogens is 196 g/mol. The molecule has 1 fully saturated rings. The minimum Gasteiger partial charge on any atom is -0.378 e. The van der Waals surface area contributed by atoms with Crippen molar-refractivity contribution < 1.29 is 4.74 Å². The molecule has 1 saturated heterocycles. The van der Waals surface area contributed by atoms with E-state index in [-0.39, 0.29) is 0 Å². The molecule has 1 aromatic rings. The van der Waals surface area contributed by atoms with Crippen molar-refractivity contribution in [1.29, 1.82) is 0 Å². The van der Waals surface area contributed by atoms with Crippen LogP contribution in [0.5, 0.6) is 0 Å². The number of rotatable bonds is 3. The molecule has 1 N–H and O–H groups in total. The molecule has 0 amide bonds. The Labute approximate surface area is 88.6 Å². The zero-order chi connectivity index (χ0) is 9.97. The number of nitrogens with one attached hydrogen (secondary N) is 1. The van der Waals surface area contributed by atoms with E-state index >= 15 is 0 Å². The highest BCUT2D eigenvalue weighted by atomic mass is 32.1. The van der Waals surface area contributed by atoms with Crippen molar-refractivity contribution in [2.45, 2.75) is 25.5 Å². The van der Waals surface area contributed by atoms with E-state index in [1.807, 2.05) is 13.2 Å². The standard InChI is InChI=1S/C10H16N2OS/c1-7-9(3-4-13-7)10(11-2)8-5-12-14-6-8/h5-7,9-11H,3-4H2,1-2H3. The Morgan fingerprint density at radius 3 is 3.07 bits per heavy atom. The van der Waals surface area contributed by atoms with Crippen LogP contribution >= 0.6 is 11.5 Å². The molecule has 0 saturated carbocycles. The number of ether oxygens (including phenoxy) is 1. The Balaban J connectivity index is 2.13. The second-order valence-electron chi connectivity index (χ2n) is 3.75. The molecule has 14 heavy (non-hydrogen) atoms. The van der Waals surface area contributed by atoms with Crippen molar-refractivity contribution in [1.82, 2.24) is 9.69 Å². The Morgan fingerprint density at radius 1 is 1.71 bits per heavy atom. The summed E-state index contributed by atoms with van der Waals surface area (Å²) in [5.41, 5.74) is 1.29. The van der Waals surface area contributed by atoms with Gasteiger partial charge in [0.05, 0.1) is 6.10 Å². The van der Waals surface area contributed by atoms with Crippen LogP contribution in [0.3, 0.4) is 0 Å². The van der Waals surface area contributed by atoms with Gasteiger partial charge in [-0.05, 0) is 31.9 Å². The summed E-state index contributed by atoms with van der Waals surface area (Å²) in [6, 6.07) is 0.395. The van der Waals surface area contributed by atoms with Crippen LogP contribution in [-0.2, 0) is 4.74 Å². The summed E-state index contributed by atoms with van der Waals surface area (Å²) in [6.07, 6.45) is 3.45. The third kappa shape index (κ3) is 1.82. The van der Waals surface area contributed by atoms with Crippen molar-refractivity contribution in [2.75, 3.05) is 13.7 Å². The first-order chi connectivity index (χ1) is 6.83. The van der Waals surface area contributed by atoms with Crippen LogP contribution in [0, 0.1) is 5.92 Å². The molecule has 2 rings (SSSR count). The van der Waals surface area contributed by atoms with Crippen LogP contribution in [0.25, 0.3) is 0 Å². The highest BCUT2D eigenvalue weighted by Crippen LogP contribution is 2.33. The van der Waals surface area contributed by atoms with Gasteiger partial charge in [0.2, 0.25) is 0 Å². The van der Waals surface area contributed by atoms with Crippen LogP contribution < -0.4 is 5.32 Å². The van der Waals surface area contributed by atoms with Gasteiger partial charge in [-0.2, -0.15) is 0 Å². The van der Waals surface area contributed by atoms with Crippen LogP contribution in [0.1, 0.15) is 24.9 Å². The van der Waals surface area contributed by atoms with Gasteiger partial charge in [0.25, 0.3) is 0 Å². The van der Waals surface area contributed by atoms with Gasteiger partial charge in [0, 0.05) is 35.7 Å². The molecule has 0 bridgehead atoms. The van der Waals surface area contributed by atoms with Crippen LogP contribution in [0.2, 0.25) is 0 Å². The van der Waals surface area contributed by atoms with Gasteiger partial charge in [0.1, 0.15) is 0 Å². The average Bonchev–Trinajstić information content (AvgIpc) is 2.80. The van der Waals surface area contributed by atoms with E-state index in [1.165, 1.54) is 17.1 Å². The minimum absolute atomic E-state index is 0.354. The normalized spacial score (nSPS) is 29.3. The van der Waals surface area contributed by atoms with Gasteiger partial charge in [-0.15, -0.1) is 0 Å². The topological polar surface area (TPSA) is 34.2 Å². The molecule has 3 nitrogen and oxygen atoms in total. The minimum atomic E-state index is 0.354. The van der Waals surface area contributed by atoms with Crippen LogP contribution in [0.4, 0.5) is 0 Å². The van der Waals surface area contributed by atoms with E-state index in [4.69, 9.17) is 4.74 Å². The monoisotopic (exact) mass is 212 g/mol. The summed E-state index contributed by atoms with van der Waals surface area (Å²) in [6.45, 7) is 3.05. The van der Waals surface area contributed by atoms with Gasteiger partial charge in [-0.3, -0.25) is 0 Å². The third-order valence-corrected chi connectivity index (χ3v) is 3.59. The first-order valence-corrected chi connectivity index (χ1v) is 5.84. The fraction of sp³-hybridized carbons (Fsp3) is 0.700. The van der Waals surface area contributed by atoms with E-state index in [9.17, 15) is 0 Å². The van der Waals surface area contributed by atoms with Gasteiger partial charge >= 0.3 is 0 Å². The summed E-state index contributed by atoms with van der Waals surface area (Å²) < 4.78 is 9.74. The van der Waals surface area contributed by atoms with Gasteiger partial charge in [-0.25, -0.2) is 4.37 Å². The van der Waals surface area contributed by atoms with Crippen LogP contribution in [-0.4, -0.2) is 24.1 Å². The SMILES string of the molecule is CNC(c1cnsc1)C1CCOC1C. The zero-order valence-corrected chi connectivity index (χ0v) is 9.38. The Hall–Kier alpha value is -0.450. The fourth-order valence-corrected chi connectivity index (χ4v) is 2.75. The molecule has 1 aromatic heterocycles.